The molecule has 0 aromatic carbocycles. The molecule has 0 aromatic heterocycles. The second-order valence-corrected chi connectivity index (χ2v) is 13.7. The number of aliphatic hydroxyl groups excluding tert-OH is 4. The van der Waals surface area contributed by atoms with Crippen LogP contribution in [0.2, 0.25) is 0 Å². The van der Waals surface area contributed by atoms with Crippen LogP contribution in [0.4, 0.5) is 0 Å². The van der Waals surface area contributed by atoms with Gasteiger partial charge in [0.05, 0.1) is 19.8 Å². The van der Waals surface area contributed by atoms with Gasteiger partial charge in [0.25, 0.3) is 0 Å². The summed E-state index contributed by atoms with van der Waals surface area (Å²) in [5.41, 5.74) is 0. The number of ether oxygens (including phenoxy) is 4. The number of carbonyl (C=O) groups excluding carboxylic acids is 1. The van der Waals surface area contributed by atoms with Crippen molar-refractivity contribution < 1.29 is 44.2 Å². The quantitative estimate of drug-likeness (QED) is 0.0412. The van der Waals surface area contributed by atoms with Gasteiger partial charge in [0.1, 0.15) is 30.5 Å². The molecule has 0 amide bonds. The Morgan fingerprint density at radius 1 is 0.596 bits per heavy atom. The minimum atomic E-state index is -1.53. The Hall–Kier alpha value is -0.810. The van der Waals surface area contributed by atoms with Gasteiger partial charge >= 0.3 is 5.97 Å². The lowest BCUT2D eigenvalue weighted by atomic mass is 9.99. The minimum Gasteiger partial charge on any atom is -0.457 e. The zero-order chi connectivity index (χ0) is 34.4. The Morgan fingerprint density at radius 2 is 1.04 bits per heavy atom. The van der Waals surface area contributed by atoms with Crippen LogP contribution in [0, 0.1) is 0 Å². The second kappa shape index (κ2) is 31.2. The summed E-state index contributed by atoms with van der Waals surface area (Å²) in [5, 5.41) is 39.9. The average molecular weight is 675 g/mol. The van der Waals surface area contributed by atoms with Crippen molar-refractivity contribution in [3.05, 3.63) is 0 Å². The number of carbonyl (C=O) groups is 1. The molecule has 9 nitrogen and oxygen atoms in total. The zero-order valence-corrected chi connectivity index (χ0v) is 30.3. The largest absolute Gasteiger partial charge is 0.457 e. The van der Waals surface area contributed by atoms with E-state index in [1.165, 1.54) is 122 Å². The van der Waals surface area contributed by atoms with E-state index in [9.17, 15) is 25.2 Å². The molecular weight excluding hydrogens is 600 g/mol. The Morgan fingerprint density at radius 3 is 1.51 bits per heavy atom. The third kappa shape index (κ3) is 23.3. The van der Waals surface area contributed by atoms with Gasteiger partial charge < -0.3 is 39.4 Å². The summed E-state index contributed by atoms with van der Waals surface area (Å²) in [6.07, 6.45) is 22.7. The summed E-state index contributed by atoms with van der Waals surface area (Å²) >= 11 is 0. The van der Waals surface area contributed by atoms with Crippen molar-refractivity contribution in [1.82, 2.24) is 0 Å². The molecule has 0 aromatic rings. The van der Waals surface area contributed by atoms with E-state index < -0.39 is 43.4 Å². The number of aliphatic hydroxyl groups is 4. The van der Waals surface area contributed by atoms with Crippen LogP contribution in [0.5, 0.6) is 0 Å². The third-order valence-corrected chi connectivity index (χ3v) is 9.27. The molecule has 6 atom stereocenters. The number of esters is 1. The molecule has 1 saturated heterocycles. The van der Waals surface area contributed by atoms with Gasteiger partial charge in [0.15, 0.2) is 6.29 Å². The monoisotopic (exact) mass is 675 g/mol. The van der Waals surface area contributed by atoms with E-state index >= 15 is 0 Å². The topological polar surface area (TPSA) is 135 Å². The molecule has 0 radical (unpaired) electrons. The maximum Gasteiger partial charge on any atom is 0.306 e. The zero-order valence-electron chi connectivity index (χ0n) is 30.3. The van der Waals surface area contributed by atoms with Crippen LogP contribution in [-0.2, 0) is 23.7 Å². The molecule has 0 spiro atoms. The highest BCUT2D eigenvalue weighted by atomic mass is 16.7. The van der Waals surface area contributed by atoms with Crippen molar-refractivity contribution in [2.24, 2.45) is 0 Å². The van der Waals surface area contributed by atoms with Crippen LogP contribution < -0.4 is 0 Å². The first-order chi connectivity index (χ1) is 22.9. The van der Waals surface area contributed by atoms with Crippen molar-refractivity contribution in [3.8, 4) is 0 Å². The summed E-state index contributed by atoms with van der Waals surface area (Å²) in [4.78, 5) is 12.7. The van der Waals surface area contributed by atoms with E-state index in [0.29, 0.717) is 13.0 Å². The van der Waals surface area contributed by atoms with Gasteiger partial charge in [-0.25, -0.2) is 0 Å². The molecule has 1 aliphatic rings. The molecule has 4 N–H and O–H groups in total. The summed E-state index contributed by atoms with van der Waals surface area (Å²) in [6.45, 7) is 4.55. The lowest BCUT2D eigenvalue weighted by Gasteiger charge is -2.39. The van der Waals surface area contributed by atoms with E-state index in [-0.39, 0.29) is 19.2 Å². The van der Waals surface area contributed by atoms with Crippen molar-refractivity contribution in [2.45, 2.75) is 211 Å². The average Bonchev–Trinajstić information content (AvgIpc) is 3.07. The van der Waals surface area contributed by atoms with E-state index in [4.69, 9.17) is 18.9 Å². The highest BCUT2D eigenvalue weighted by Gasteiger charge is 2.44. The molecular formula is C38H74O9. The van der Waals surface area contributed by atoms with Crippen LogP contribution in [-0.4, -0.2) is 89.6 Å². The Balaban J connectivity index is 2.27. The van der Waals surface area contributed by atoms with Crippen LogP contribution in [0.1, 0.15) is 174 Å². The van der Waals surface area contributed by atoms with Gasteiger partial charge in [-0.15, -0.1) is 0 Å². The van der Waals surface area contributed by atoms with Gasteiger partial charge in [0, 0.05) is 13.0 Å². The first-order valence-electron chi connectivity index (χ1n) is 19.6. The summed E-state index contributed by atoms with van der Waals surface area (Å²) in [5.74, 6) is -0.312. The maximum absolute atomic E-state index is 12.7. The molecule has 0 saturated carbocycles. The predicted octanol–water partition coefficient (Wildman–Crippen LogP) is 7.52. The maximum atomic E-state index is 12.7. The molecule has 1 rings (SSSR count). The molecule has 0 aliphatic carbocycles. The van der Waals surface area contributed by atoms with Crippen LogP contribution in [0.3, 0.4) is 0 Å². The van der Waals surface area contributed by atoms with Crippen molar-refractivity contribution in [1.29, 1.82) is 0 Å². The fourth-order valence-corrected chi connectivity index (χ4v) is 6.14. The lowest BCUT2D eigenvalue weighted by Crippen LogP contribution is -2.59. The van der Waals surface area contributed by atoms with E-state index in [2.05, 4.69) is 13.8 Å². The van der Waals surface area contributed by atoms with Crippen molar-refractivity contribution >= 4 is 5.97 Å². The Kier molecular flexibility index (Phi) is 29.3. The Bertz CT molecular complexity index is 692. The van der Waals surface area contributed by atoms with Gasteiger partial charge in [0.2, 0.25) is 0 Å². The summed E-state index contributed by atoms with van der Waals surface area (Å²) in [6, 6.07) is 0. The van der Waals surface area contributed by atoms with Gasteiger partial charge in [-0.2, -0.15) is 0 Å². The van der Waals surface area contributed by atoms with Gasteiger partial charge in [-0.1, -0.05) is 155 Å². The Labute approximate surface area is 287 Å². The number of hydrogen-bond acceptors (Lipinski definition) is 9. The molecule has 280 valence electrons. The standard InChI is InChI=1S/C38H74O9/c1-3-5-7-9-11-13-14-15-16-17-18-19-20-21-23-25-27-34(40)46-32(30-44-28-26-24-22-12-10-8-6-4-2)31-45-38-37(43)36(42)35(41)33(29-39)47-38/h32-33,35-39,41-43H,3-31H2,1-2H3. The van der Waals surface area contributed by atoms with Crippen molar-refractivity contribution in [3.63, 3.8) is 0 Å². The summed E-state index contributed by atoms with van der Waals surface area (Å²) in [7, 11) is 0. The fraction of sp³-hybridized carbons (Fsp3) is 0.974. The SMILES string of the molecule is CCCCCCCCCCCCCCCCCCC(=O)OC(COCCCCCCCCCC)COC1OC(CO)C(O)C(O)C1O. The lowest BCUT2D eigenvalue weighted by molar-refractivity contribution is -0.305. The summed E-state index contributed by atoms with van der Waals surface area (Å²) < 4.78 is 22.6. The second-order valence-electron chi connectivity index (χ2n) is 13.7. The van der Waals surface area contributed by atoms with E-state index in [1.54, 1.807) is 0 Å². The highest BCUT2D eigenvalue weighted by molar-refractivity contribution is 5.69. The number of unbranched alkanes of at least 4 members (excludes halogenated alkanes) is 22. The molecule has 1 fully saturated rings. The smallest absolute Gasteiger partial charge is 0.306 e. The van der Waals surface area contributed by atoms with E-state index in [0.717, 1.165) is 32.1 Å². The number of hydrogen-bond donors (Lipinski definition) is 4. The van der Waals surface area contributed by atoms with Crippen molar-refractivity contribution in [2.75, 3.05) is 26.4 Å². The third-order valence-electron chi connectivity index (χ3n) is 9.27. The predicted molar refractivity (Wildman–Crippen MR) is 187 cm³/mol. The van der Waals surface area contributed by atoms with Gasteiger partial charge in [-0.3, -0.25) is 4.79 Å². The molecule has 0 bridgehead atoms. The highest BCUT2D eigenvalue weighted by Crippen LogP contribution is 2.22. The fourth-order valence-electron chi connectivity index (χ4n) is 6.14. The normalized spacial score (nSPS) is 22.0. The van der Waals surface area contributed by atoms with E-state index in [1.807, 2.05) is 0 Å². The van der Waals surface area contributed by atoms with Crippen LogP contribution in [0.15, 0.2) is 0 Å². The molecule has 1 aliphatic heterocycles. The molecule has 9 heteroatoms. The minimum absolute atomic E-state index is 0.106. The first kappa shape index (κ1) is 44.2. The van der Waals surface area contributed by atoms with Gasteiger partial charge in [-0.05, 0) is 12.8 Å². The molecule has 1 heterocycles. The molecule has 6 unspecified atom stereocenters. The number of rotatable bonds is 33. The molecule has 47 heavy (non-hydrogen) atoms. The van der Waals surface area contributed by atoms with Crippen LogP contribution >= 0.6 is 0 Å². The van der Waals surface area contributed by atoms with Crippen LogP contribution in [0.25, 0.3) is 0 Å². The first-order valence-corrected chi connectivity index (χ1v) is 19.6.